The zero-order chi connectivity index (χ0) is 14.6. The van der Waals surface area contributed by atoms with Gasteiger partial charge in [0.15, 0.2) is 5.92 Å². The van der Waals surface area contributed by atoms with Crippen LogP contribution in [-0.4, -0.2) is 40.3 Å². The maximum absolute atomic E-state index is 11.8. The van der Waals surface area contributed by atoms with Gasteiger partial charge in [0, 0.05) is 22.7 Å². The first-order chi connectivity index (χ1) is 8.90. The van der Waals surface area contributed by atoms with E-state index in [0.29, 0.717) is 0 Å². The molecule has 9 heteroatoms. The molecule has 1 aliphatic carbocycles. The van der Waals surface area contributed by atoms with Crippen LogP contribution in [0.4, 0.5) is 0 Å². The zero-order valence-corrected chi connectivity index (χ0v) is 10.3. The van der Waals surface area contributed by atoms with Crippen LogP contribution in [0.15, 0.2) is 0 Å². The molecule has 0 aromatic carbocycles. The highest BCUT2D eigenvalue weighted by Gasteiger charge is 2.53. The molecule has 1 fully saturated rings. The Bertz CT molecular complexity index is 387. The minimum Gasteiger partial charge on any atom is -0.460 e. The Kier molecular flexibility index (Phi) is 4.90. The normalized spacial score (nSPS) is 26.5. The summed E-state index contributed by atoms with van der Waals surface area (Å²) in [6.07, 6.45) is 0.379. The number of hydrogen-bond acceptors (Lipinski definition) is 7. The van der Waals surface area contributed by atoms with Gasteiger partial charge >= 0.3 is 5.97 Å². The molecular weight excluding hydrogens is 260 g/mol. The van der Waals surface area contributed by atoms with Crippen molar-refractivity contribution < 1.29 is 24.2 Å². The van der Waals surface area contributed by atoms with Crippen molar-refractivity contribution in [2.45, 2.75) is 38.3 Å². The van der Waals surface area contributed by atoms with Crippen molar-refractivity contribution in [3.8, 4) is 0 Å². The van der Waals surface area contributed by atoms with Crippen molar-refractivity contribution in [3.05, 3.63) is 20.2 Å². The molecule has 0 amide bonds. The Balaban J connectivity index is 3.03. The third kappa shape index (κ3) is 3.24. The molecule has 0 heterocycles. The van der Waals surface area contributed by atoms with Crippen LogP contribution in [0.2, 0.25) is 0 Å². The molecule has 1 aliphatic rings. The fourth-order valence-electron chi connectivity index (χ4n) is 2.31. The molecule has 0 aliphatic heterocycles. The molecule has 1 rings (SSSR count). The van der Waals surface area contributed by atoms with E-state index < -0.39 is 39.6 Å². The van der Waals surface area contributed by atoms with Crippen molar-refractivity contribution in [2.24, 2.45) is 5.92 Å². The van der Waals surface area contributed by atoms with Crippen molar-refractivity contribution >= 4 is 11.8 Å². The quantitative estimate of drug-likeness (QED) is 0.303. The lowest BCUT2D eigenvalue weighted by molar-refractivity contribution is -0.577. The molecule has 0 aromatic rings. The van der Waals surface area contributed by atoms with Gasteiger partial charge in [-0.15, -0.1) is 0 Å². The van der Waals surface area contributed by atoms with Gasteiger partial charge in [-0.3, -0.25) is 25.0 Å². The number of nitro groups is 2. The van der Waals surface area contributed by atoms with Gasteiger partial charge in [-0.25, -0.2) is 4.79 Å². The largest absolute Gasteiger partial charge is 0.460 e. The van der Waals surface area contributed by atoms with Gasteiger partial charge in [0.05, 0.1) is 6.61 Å². The van der Waals surface area contributed by atoms with Crippen LogP contribution in [0.5, 0.6) is 0 Å². The Labute approximate surface area is 108 Å². The maximum atomic E-state index is 11.8. The predicted molar refractivity (Wildman–Crippen MR) is 60.5 cm³/mol. The van der Waals surface area contributed by atoms with Gasteiger partial charge in [0.2, 0.25) is 12.1 Å². The fraction of sp³-hybridized carbons (Fsp3) is 0.800. The summed E-state index contributed by atoms with van der Waals surface area (Å²) >= 11 is 0. The van der Waals surface area contributed by atoms with Crippen molar-refractivity contribution in [1.29, 1.82) is 0 Å². The number of ketones is 1. The van der Waals surface area contributed by atoms with Gasteiger partial charge in [-0.05, 0) is 13.3 Å². The third-order valence-corrected chi connectivity index (χ3v) is 3.15. The van der Waals surface area contributed by atoms with E-state index in [2.05, 4.69) is 4.74 Å². The summed E-state index contributed by atoms with van der Waals surface area (Å²) in [6, 6.07) is -2.80. The highest BCUT2D eigenvalue weighted by molar-refractivity contribution is 6.34. The van der Waals surface area contributed by atoms with Crippen LogP contribution >= 0.6 is 0 Å². The van der Waals surface area contributed by atoms with Crippen molar-refractivity contribution in [1.82, 2.24) is 0 Å². The first-order valence-electron chi connectivity index (χ1n) is 5.88. The first-order valence-corrected chi connectivity index (χ1v) is 5.88. The SMILES string of the molecule is CCOC(=O)C(=O)C1C([N+](=O)[O-])CCCC1[N+](=O)[O-]. The molecule has 2 atom stereocenters. The number of hydrogen-bond donors (Lipinski definition) is 0. The molecule has 0 N–H and O–H groups in total. The topological polar surface area (TPSA) is 130 Å². The van der Waals surface area contributed by atoms with Gasteiger partial charge in [0.1, 0.15) is 0 Å². The average molecular weight is 274 g/mol. The average Bonchev–Trinajstić information content (AvgIpc) is 2.36. The fourth-order valence-corrected chi connectivity index (χ4v) is 2.31. The van der Waals surface area contributed by atoms with Crippen LogP contribution in [0.3, 0.4) is 0 Å². The van der Waals surface area contributed by atoms with Crippen molar-refractivity contribution in [2.75, 3.05) is 6.61 Å². The van der Waals surface area contributed by atoms with Gasteiger partial charge < -0.3 is 4.74 Å². The van der Waals surface area contributed by atoms with Gasteiger partial charge in [-0.2, -0.15) is 0 Å². The maximum Gasteiger partial charge on any atom is 0.375 e. The molecule has 0 radical (unpaired) electrons. The van der Waals surface area contributed by atoms with Gasteiger partial charge in [0.25, 0.3) is 5.78 Å². The highest BCUT2D eigenvalue weighted by Crippen LogP contribution is 2.30. The molecular formula is C10H14N2O7. The van der Waals surface area contributed by atoms with E-state index >= 15 is 0 Å². The van der Waals surface area contributed by atoms with Crippen LogP contribution in [0.1, 0.15) is 26.2 Å². The minimum absolute atomic E-state index is 0.0488. The van der Waals surface area contributed by atoms with E-state index in [9.17, 15) is 29.8 Å². The molecule has 0 bridgehead atoms. The van der Waals surface area contributed by atoms with Crippen LogP contribution < -0.4 is 0 Å². The molecule has 0 saturated heterocycles. The number of carbonyl (C=O) groups is 2. The van der Waals surface area contributed by atoms with E-state index in [-0.39, 0.29) is 25.9 Å². The van der Waals surface area contributed by atoms with E-state index in [1.54, 1.807) is 0 Å². The van der Waals surface area contributed by atoms with Crippen molar-refractivity contribution in [3.63, 3.8) is 0 Å². The smallest absolute Gasteiger partial charge is 0.375 e. The van der Waals surface area contributed by atoms with E-state index in [1.807, 2.05) is 0 Å². The highest BCUT2D eigenvalue weighted by atomic mass is 16.6. The molecule has 0 spiro atoms. The number of ether oxygens (including phenoxy) is 1. The first kappa shape index (κ1) is 15.0. The van der Waals surface area contributed by atoms with Crippen LogP contribution in [0.25, 0.3) is 0 Å². The monoisotopic (exact) mass is 274 g/mol. The lowest BCUT2D eigenvalue weighted by Gasteiger charge is -2.26. The molecule has 2 unspecified atom stereocenters. The Hall–Kier alpha value is -2.06. The van der Waals surface area contributed by atoms with Gasteiger partial charge in [-0.1, -0.05) is 0 Å². The van der Waals surface area contributed by atoms with E-state index in [1.165, 1.54) is 6.92 Å². The lowest BCUT2D eigenvalue weighted by atomic mass is 9.78. The minimum atomic E-state index is -1.54. The summed E-state index contributed by atoms with van der Waals surface area (Å²) in [5, 5.41) is 21.8. The molecule has 106 valence electrons. The number of Topliss-reactive ketones (excluding diaryl/α,β-unsaturated/α-hetero) is 1. The predicted octanol–water partition coefficient (Wildman–Crippen LogP) is 0.209. The number of carbonyl (C=O) groups excluding carboxylic acids is 2. The molecule has 9 nitrogen and oxygen atoms in total. The summed E-state index contributed by atoms with van der Waals surface area (Å²) in [4.78, 5) is 43.5. The second kappa shape index (κ2) is 6.21. The lowest BCUT2D eigenvalue weighted by Crippen LogP contribution is -2.50. The summed E-state index contributed by atoms with van der Waals surface area (Å²) in [7, 11) is 0. The number of rotatable bonds is 5. The zero-order valence-electron chi connectivity index (χ0n) is 10.3. The summed E-state index contributed by atoms with van der Waals surface area (Å²) < 4.78 is 4.48. The Morgan fingerprint density at radius 3 is 2.00 bits per heavy atom. The second-order valence-corrected chi connectivity index (χ2v) is 4.25. The summed E-state index contributed by atoms with van der Waals surface area (Å²) in [5.41, 5.74) is 0. The molecule has 1 saturated carbocycles. The summed E-state index contributed by atoms with van der Waals surface area (Å²) in [6.45, 7) is 1.41. The molecule has 0 aromatic heterocycles. The standard InChI is InChI=1S/C10H14N2O7/c1-2-19-10(14)9(13)8-6(11(15)16)4-3-5-7(8)12(17)18/h6-8H,2-5H2,1H3. The van der Waals surface area contributed by atoms with Crippen LogP contribution in [0, 0.1) is 26.1 Å². The van der Waals surface area contributed by atoms with E-state index in [4.69, 9.17) is 0 Å². The third-order valence-electron chi connectivity index (χ3n) is 3.15. The second-order valence-electron chi connectivity index (χ2n) is 4.25. The van der Waals surface area contributed by atoms with E-state index in [0.717, 1.165) is 0 Å². The summed E-state index contributed by atoms with van der Waals surface area (Å²) in [5.74, 6) is -3.96. The molecule has 19 heavy (non-hydrogen) atoms. The number of nitrogens with zero attached hydrogens (tertiary/aromatic N) is 2. The van der Waals surface area contributed by atoms with Crippen LogP contribution in [-0.2, 0) is 14.3 Å². The number of esters is 1. The Morgan fingerprint density at radius 1 is 1.16 bits per heavy atom. The Morgan fingerprint density at radius 2 is 1.63 bits per heavy atom.